The summed E-state index contributed by atoms with van der Waals surface area (Å²) in [4.78, 5) is 12.6. The maximum absolute atomic E-state index is 13.8. The quantitative estimate of drug-likeness (QED) is 0.433. The Hall–Kier alpha value is -4.05. The van der Waals surface area contributed by atoms with E-state index in [9.17, 15) is 17.6 Å². The Morgan fingerprint density at radius 2 is 1.67 bits per heavy atom. The molecule has 1 aromatic heterocycles. The zero-order valence-electron chi connectivity index (χ0n) is 17.7. The van der Waals surface area contributed by atoms with Gasteiger partial charge in [-0.15, -0.1) is 10.2 Å². The minimum absolute atomic E-state index is 0.233. The van der Waals surface area contributed by atoms with Crippen LogP contribution in [0.1, 0.15) is 15.9 Å². The number of aryl methyl sites for hydroxylation is 1. The highest BCUT2D eigenvalue weighted by molar-refractivity contribution is 7.92. The van der Waals surface area contributed by atoms with E-state index >= 15 is 0 Å². The fourth-order valence-electron chi connectivity index (χ4n) is 3.11. The van der Waals surface area contributed by atoms with Crippen LogP contribution < -0.4 is 10.0 Å². The minimum atomic E-state index is -3.67. The molecule has 33 heavy (non-hydrogen) atoms. The van der Waals surface area contributed by atoms with Gasteiger partial charge in [0.1, 0.15) is 5.82 Å². The second-order valence-electron chi connectivity index (χ2n) is 7.33. The molecule has 0 unspecified atom stereocenters. The van der Waals surface area contributed by atoms with Crippen LogP contribution in [0.5, 0.6) is 0 Å². The van der Waals surface area contributed by atoms with Crippen LogP contribution in [-0.2, 0) is 10.0 Å². The van der Waals surface area contributed by atoms with E-state index in [-0.39, 0.29) is 11.4 Å². The molecule has 0 radical (unpaired) electrons. The van der Waals surface area contributed by atoms with Gasteiger partial charge < -0.3 is 9.73 Å². The summed E-state index contributed by atoms with van der Waals surface area (Å²) >= 11 is 0. The van der Waals surface area contributed by atoms with Gasteiger partial charge in [-0.1, -0.05) is 18.2 Å². The van der Waals surface area contributed by atoms with Gasteiger partial charge in [-0.05, 0) is 61.0 Å². The van der Waals surface area contributed by atoms with Gasteiger partial charge in [-0.2, -0.15) is 0 Å². The van der Waals surface area contributed by atoms with E-state index in [0.717, 1.165) is 23.4 Å². The highest BCUT2D eigenvalue weighted by atomic mass is 32.2. The lowest BCUT2D eigenvalue weighted by Crippen LogP contribution is -2.14. The standard InChI is InChI=1S/C23H19FN4O4S/c1-14-5-3-4-6-18(14)23-27-26-22(32-23)16-9-7-15(8-10-16)21(29)25-17-11-12-19(24)20(13-17)28-33(2,30)31/h3-13,28H,1-2H3,(H,25,29). The average molecular weight is 466 g/mol. The predicted octanol–water partition coefficient (Wildman–Crippen LogP) is 4.47. The first-order chi connectivity index (χ1) is 15.7. The molecule has 1 heterocycles. The maximum atomic E-state index is 13.8. The maximum Gasteiger partial charge on any atom is 0.255 e. The van der Waals surface area contributed by atoms with Gasteiger partial charge in [-0.25, -0.2) is 12.8 Å². The van der Waals surface area contributed by atoms with Crippen molar-refractivity contribution in [3.63, 3.8) is 0 Å². The van der Waals surface area contributed by atoms with E-state index in [1.165, 1.54) is 12.1 Å². The lowest BCUT2D eigenvalue weighted by molar-refractivity contribution is 0.102. The number of hydrogen-bond donors (Lipinski definition) is 2. The molecule has 0 spiro atoms. The Labute approximate surface area is 189 Å². The predicted molar refractivity (Wildman–Crippen MR) is 123 cm³/mol. The third-order valence-electron chi connectivity index (χ3n) is 4.71. The molecule has 0 aliphatic carbocycles. The van der Waals surface area contributed by atoms with E-state index < -0.39 is 21.7 Å². The molecule has 10 heteroatoms. The summed E-state index contributed by atoms with van der Waals surface area (Å²) in [6, 6.07) is 17.8. The summed E-state index contributed by atoms with van der Waals surface area (Å²) in [7, 11) is -3.67. The highest BCUT2D eigenvalue weighted by Gasteiger charge is 2.14. The third kappa shape index (κ3) is 5.24. The van der Waals surface area contributed by atoms with Crippen molar-refractivity contribution in [2.75, 3.05) is 16.3 Å². The molecule has 4 rings (SSSR count). The molecule has 0 fully saturated rings. The van der Waals surface area contributed by atoms with E-state index in [1.54, 1.807) is 24.3 Å². The zero-order chi connectivity index (χ0) is 23.6. The first-order valence-corrected chi connectivity index (χ1v) is 11.7. The van der Waals surface area contributed by atoms with E-state index in [0.29, 0.717) is 22.9 Å². The smallest absolute Gasteiger partial charge is 0.255 e. The first kappa shape index (κ1) is 22.2. The number of nitrogens with one attached hydrogen (secondary N) is 2. The second kappa shape index (κ2) is 8.83. The molecule has 3 aromatic carbocycles. The van der Waals surface area contributed by atoms with Crippen LogP contribution in [0.3, 0.4) is 0 Å². The number of anilines is 2. The molecule has 168 valence electrons. The third-order valence-corrected chi connectivity index (χ3v) is 5.30. The van der Waals surface area contributed by atoms with Crippen LogP contribution in [0.15, 0.2) is 71.1 Å². The molecule has 0 saturated heterocycles. The molecule has 0 atom stereocenters. The Balaban J connectivity index is 1.49. The number of aromatic nitrogens is 2. The topological polar surface area (TPSA) is 114 Å². The number of rotatable bonds is 6. The van der Waals surface area contributed by atoms with Gasteiger partial charge in [0.25, 0.3) is 5.91 Å². The van der Waals surface area contributed by atoms with Gasteiger partial charge >= 0.3 is 0 Å². The zero-order valence-corrected chi connectivity index (χ0v) is 18.5. The highest BCUT2D eigenvalue weighted by Crippen LogP contribution is 2.26. The summed E-state index contributed by atoms with van der Waals surface area (Å²) in [5.41, 5.74) is 2.80. The monoisotopic (exact) mass is 466 g/mol. The summed E-state index contributed by atoms with van der Waals surface area (Å²) in [6.45, 7) is 1.95. The van der Waals surface area contributed by atoms with Crippen molar-refractivity contribution in [1.29, 1.82) is 0 Å². The SMILES string of the molecule is Cc1ccccc1-c1nnc(-c2ccc(C(=O)Nc3ccc(F)c(NS(C)(=O)=O)c3)cc2)o1. The molecule has 0 aliphatic rings. The van der Waals surface area contributed by atoms with Gasteiger partial charge in [-0.3, -0.25) is 9.52 Å². The minimum Gasteiger partial charge on any atom is -0.416 e. The fourth-order valence-corrected chi connectivity index (χ4v) is 3.67. The summed E-state index contributed by atoms with van der Waals surface area (Å²) < 4.78 is 44.4. The molecule has 8 nitrogen and oxygen atoms in total. The molecule has 0 bridgehead atoms. The van der Waals surface area contributed by atoms with Gasteiger partial charge in [0.2, 0.25) is 21.8 Å². The Morgan fingerprint density at radius 3 is 2.36 bits per heavy atom. The van der Waals surface area contributed by atoms with Crippen LogP contribution in [0.2, 0.25) is 0 Å². The summed E-state index contributed by atoms with van der Waals surface area (Å²) in [5, 5.41) is 10.8. The number of sulfonamides is 1. The molecule has 4 aromatic rings. The second-order valence-corrected chi connectivity index (χ2v) is 9.08. The largest absolute Gasteiger partial charge is 0.416 e. The number of halogens is 1. The first-order valence-electron chi connectivity index (χ1n) is 9.78. The Morgan fingerprint density at radius 1 is 0.970 bits per heavy atom. The lowest BCUT2D eigenvalue weighted by Gasteiger charge is -2.10. The summed E-state index contributed by atoms with van der Waals surface area (Å²) in [5.74, 6) is -0.494. The molecule has 0 aliphatic heterocycles. The van der Waals surface area contributed by atoms with E-state index in [2.05, 4.69) is 20.2 Å². The summed E-state index contributed by atoms with van der Waals surface area (Å²) in [6.07, 6.45) is 0.909. The van der Waals surface area contributed by atoms with E-state index in [1.807, 2.05) is 31.2 Å². The molecule has 0 saturated carbocycles. The molecular formula is C23H19FN4O4S. The average Bonchev–Trinajstić information content (AvgIpc) is 3.25. The van der Waals surface area contributed by atoms with Crippen LogP contribution in [0.25, 0.3) is 22.9 Å². The van der Waals surface area contributed by atoms with Crippen molar-refractivity contribution in [3.05, 3.63) is 83.7 Å². The Bertz CT molecular complexity index is 1430. The normalized spacial score (nSPS) is 11.2. The number of carbonyl (C=O) groups excluding carboxylic acids is 1. The van der Waals surface area contributed by atoms with Crippen molar-refractivity contribution >= 4 is 27.3 Å². The molecule has 2 N–H and O–H groups in total. The fraction of sp³-hybridized carbons (Fsp3) is 0.0870. The number of nitrogens with zero attached hydrogens (tertiary/aromatic N) is 2. The van der Waals surface area contributed by atoms with Crippen molar-refractivity contribution in [1.82, 2.24) is 10.2 Å². The number of amides is 1. The van der Waals surface area contributed by atoms with Crippen molar-refractivity contribution in [2.24, 2.45) is 0 Å². The Kier molecular flexibility index (Phi) is 5.93. The van der Waals surface area contributed by atoms with Gasteiger partial charge in [0.05, 0.1) is 11.9 Å². The lowest BCUT2D eigenvalue weighted by atomic mass is 10.1. The molecular weight excluding hydrogens is 447 g/mol. The number of hydrogen-bond acceptors (Lipinski definition) is 6. The van der Waals surface area contributed by atoms with Crippen molar-refractivity contribution in [3.8, 4) is 22.9 Å². The van der Waals surface area contributed by atoms with E-state index in [4.69, 9.17) is 4.42 Å². The van der Waals surface area contributed by atoms with Crippen LogP contribution in [0.4, 0.5) is 15.8 Å². The van der Waals surface area contributed by atoms with Crippen molar-refractivity contribution in [2.45, 2.75) is 6.92 Å². The van der Waals surface area contributed by atoms with Crippen LogP contribution >= 0.6 is 0 Å². The van der Waals surface area contributed by atoms with Crippen LogP contribution in [0, 0.1) is 12.7 Å². The number of benzene rings is 3. The van der Waals surface area contributed by atoms with Crippen LogP contribution in [-0.4, -0.2) is 30.8 Å². The van der Waals surface area contributed by atoms with Crippen molar-refractivity contribution < 1.29 is 22.0 Å². The van der Waals surface area contributed by atoms with Gasteiger partial charge in [0, 0.05) is 22.4 Å². The molecule has 1 amide bonds. The number of carbonyl (C=O) groups is 1. The van der Waals surface area contributed by atoms with Gasteiger partial charge in [0.15, 0.2) is 0 Å².